The molecule has 0 fully saturated rings. The molecule has 1 N–H and O–H groups in total. The van der Waals surface area contributed by atoms with Crippen LogP contribution in [0, 0.1) is 30.9 Å². The normalized spacial score (nSPS) is 11.2. The van der Waals surface area contributed by atoms with Crippen LogP contribution >= 0.6 is 0 Å². The minimum Gasteiger partial charge on any atom is -0.480 e. The highest BCUT2D eigenvalue weighted by molar-refractivity contribution is 7.92. The summed E-state index contributed by atoms with van der Waals surface area (Å²) in [6, 6.07) is 8.26. The van der Waals surface area contributed by atoms with Gasteiger partial charge in [0.2, 0.25) is 0 Å². The fraction of sp³-hybridized carbons (Fsp3) is 0.235. The van der Waals surface area contributed by atoms with E-state index in [1.54, 1.807) is 19.1 Å². The maximum atomic E-state index is 13.0. The number of carbonyl (C=O) groups is 1. The van der Waals surface area contributed by atoms with Crippen LogP contribution in [-0.2, 0) is 14.8 Å². The summed E-state index contributed by atoms with van der Waals surface area (Å²) in [5, 5.41) is 20.3. The first-order valence-electron chi connectivity index (χ1n) is 7.61. The summed E-state index contributed by atoms with van der Waals surface area (Å²) < 4.78 is 26.7. The number of nitro groups is 1. The predicted molar refractivity (Wildman–Crippen MR) is 95.9 cm³/mol. The summed E-state index contributed by atoms with van der Waals surface area (Å²) >= 11 is 0. The second-order valence-corrected chi connectivity index (χ2v) is 7.74. The van der Waals surface area contributed by atoms with Crippen molar-refractivity contribution >= 4 is 27.4 Å². The van der Waals surface area contributed by atoms with E-state index in [4.69, 9.17) is 5.11 Å². The molecule has 8 nitrogen and oxygen atoms in total. The Morgan fingerprint density at radius 1 is 1.08 bits per heavy atom. The van der Waals surface area contributed by atoms with Crippen LogP contribution in [-0.4, -0.2) is 31.0 Å². The van der Waals surface area contributed by atoms with E-state index >= 15 is 0 Å². The first-order chi connectivity index (χ1) is 12.0. The maximum absolute atomic E-state index is 13.0. The van der Waals surface area contributed by atoms with Gasteiger partial charge >= 0.3 is 5.97 Å². The largest absolute Gasteiger partial charge is 0.480 e. The van der Waals surface area contributed by atoms with Gasteiger partial charge in [0, 0.05) is 11.6 Å². The van der Waals surface area contributed by atoms with Crippen molar-refractivity contribution in [3.63, 3.8) is 0 Å². The Bertz CT molecular complexity index is 985. The van der Waals surface area contributed by atoms with Crippen molar-refractivity contribution in [2.75, 3.05) is 10.8 Å². The molecule has 138 valence electrons. The van der Waals surface area contributed by atoms with Crippen LogP contribution in [0.4, 0.5) is 11.4 Å². The van der Waals surface area contributed by atoms with E-state index in [-0.39, 0.29) is 16.3 Å². The average Bonchev–Trinajstić information content (AvgIpc) is 2.55. The quantitative estimate of drug-likeness (QED) is 0.610. The molecule has 0 aromatic heterocycles. The number of rotatable bonds is 6. The van der Waals surface area contributed by atoms with E-state index < -0.39 is 27.5 Å². The van der Waals surface area contributed by atoms with E-state index in [1.165, 1.54) is 25.1 Å². The minimum atomic E-state index is -4.30. The van der Waals surface area contributed by atoms with Gasteiger partial charge in [-0.2, -0.15) is 0 Å². The van der Waals surface area contributed by atoms with E-state index in [9.17, 15) is 23.3 Å². The molecule has 9 heteroatoms. The molecule has 0 saturated carbocycles. The standard InChI is InChI=1S/C17H18N2O6S/c1-11-4-6-14(8-13(11)3)18(10-17(20)21)26(24,25)15-7-5-12(2)16(9-15)19(22)23/h4-9H,10H2,1-3H3,(H,20,21). The monoisotopic (exact) mass is 378 g/mol. The van der Waals surface area contributed by atoms with Gasteiger partial charge in [0.1, 0.15) is 6.54 Å². The topological polar surface area (TPSA) is 118 Å². The predicted octanol–water partition coefficient (Wildman–Crippen LogP) is 2.80. The summed E-state index contributed by atoms with van der Waals surface area (Å²) in [4.78, 5) is 21.3. The Morgan fingerprint density at radius 3 is 2.23 bits per heavy atom. The smallest absolute Gasteiger partial charge is 0.324 e. The molecule has 0 radical (unpaired) electrons. The third-order valence-corrected chi connectivity index (χ3v) is 5.79. The van der Waals surface area contributed by atoms with E-state index in [2.05, 4.69) is 0 Å². The Hall–Kier alpha value is -2.94. The van der Waals surface area contributed by atoms with Crippen molar-refractivity contribution in [2.45, 2.75) is 25.7 Å². The molecule has 0 unspecified atom stereocenters. The first-order valence-corrected chi connectivity index (χ1v) is 9.05. The van der Waals surface area contributed by atoms with Crippen LogP contribution in [0.2, 0.25) is 0 Å². The molecular weight excluding hydrogens is 360 g/mol. The number of carboxylic acid groups (broad SMARTS) is 1. The van der Waals surface area contributed by atoms with E-state index in [0.717, 1.165) is 21.5 Å². The molecule has 2 aromatic carbocycles. The van der Waals surface area contributed by atoms with Gasteiger partial charge in [0.05, 0.1) is 15.5 Å². The summed E-state index contributed by atoms with van der Waals surface area (Å²) in [6.07, 6.45) is 0. The average molecular weight is 378 g/mol. The lowest BCUT2D eigenvalue weighted by molar-refractivity contribution is -0.385. The fourth-order valence-corrected chi connectivity index (χ4v) is 3.82. The number of sulfonamides is 1. The lowest BCUT2D eigenvalue weighted by Gasteiger charge is -2.23. The number of anilines is 1. The van der Waals surface area contributed by atoms with Gasteiger partial charge in [0.25, 0.3) is 15.7 Å². The molecule has 0 atom stereocenters. The Morgan fingerprint density at radius 2 is 1.69 bits per heavy atom. The zero-order valence-corrected chi connectivity index (χ0v) is 15.3. The van der Waals surface area contributed by atoms with Crippen LogP contribution in [0.25, 0.3) is 0 Å². The fourth-order valence-electron chi connectivity index (χ4n) is 2.39. The van der Waals surface area contributed by atoms with Gasteiger partial charge < -0.3 is 5.11 Å². The van der Waals surface area contributed by atoms with Gasteiger partial charge in [0.15, 0.2) is 0 Å². The van der Waals surface area contributed by atoms with Crippen LogP contribution in [0.5, 0.6) is 0 Å². The number of aliphatic carboxylic acids is 1. The van der Waals surface area contributed by atoms with Crippen molar-refractivity contribution in [1.82, 2.24) is 0 Å². The molecule has 2 rings (SSSR count). The van der Waals surface area contributed by atoms with E-state index in [0.29, 0.717) is 5.56 Å². The van der Waals surface area contributed by atoms with Crippen LogP contribution in [0.15, 0.2) is 41.3 Å². The van der Waals surface area contributed by atoms with Crippen LogP contribution in [0.1, 0.15) is 16.7 Å². The summed E-state index contributed by atoms with van der Waals surface area (Å²) in [5.74, 6) is -1.34. The third kappa shape index (κ3) is 3.83. The summed E-state index contributed by atoms with van der Waals surface area (Å²) in [6.45, 7) is 4.32. The lowest BCUT2D eigenvalue weighted by Crippen LogP contribution is -2.35. The SMILES string of the molecule is Cc1ccc(N(CC(=O)O)S(=O)(=O)c2ccc(C)c([N+](=O)[O-])c2)cc1C. The molecule has 0 saturated heterocycles. The van der Waals surface area contributed by atoms with Gasteiger partial charge in [-0.25, -0.2) is 8.42 Å². The Kier molecular flexibility index (Phi) is 5.31. The Balaban J connectivity index is 2.63. The number of hydrogen-bond donors (Lipinski definition) is 1. The highest BCUT2D eigenvalue weighted by Gasteiger charge is 2.29. The second-order valence-electron chi connectivity index (χ2n) is 5.88. The van der Waals surface area contributed by atoms with Gasteiger partial charge in [-0.05, 0) is 50.1 Å². The maximum Gasteiger partial charge on any atom is 0.324 e. The molecule has 0 aliphatic rings. The second kappa shape index (κ2) is 7.12. The lowest BCUT2D eigenvalue weighted by atomic mass is 10.1. The van der Waals surface area contributed by atoms with Crippen molar-refractivity contribution < 1.29 is 23.2 Å². The third-order valence-electron chi connectivity index (χ3n) is 4.02. The zero-order valence-electron chi connectivity index (χ0n) is 14.5. The first kappa shape index (κ1) is 19.4. The minimum absolute atomic E-state index is 0.179. The molecule has 26 heavy (non-hydrogen) atoms. The number of carboxylic acids is 1. The molecular formula is C17H18N2O6S. The molecule has 0 aliphatic carbocycles. The number of aryl methyl sites for hydroxylation is 3. The molecule has 0 amide bonds. The number of nitro benzene ring substituents is 1. The van der Waals surface area contributed by atoms with Crippen molar-refractivity contribution in [1.29, 1.82) is 0 Å². The van der Waals surface area contributed by atoms with Crippen LogP contribution < -0.4 is 4.31 Å². The molecule has 0 aliphatic heterocycles. The number of benzene rings is 2. The van der Waals surface area contributed by atoms with Gasteiger partial charge in [-0.1, -0.05) is 12.1 Å². The summed E-state index contributed by atoms with van der Waals surface area (Å²) in [5.41, 5.74) is 1.86. The number of nitrogens with zero attached hydrogens (tertiary/aromatic N) is 2. The number of hydrogen-bond acceptors (Lipinski definition) is 5. The van der Waals surface area contributed by atoms with Gasteiger partial charge in [-0.3, -0.25) is 19.2 Å². The zero-order chi connectivity index (χ0) is 19.6. The summed E-state index contributed by atoms with van der Waals surface area (Å²) in [7, 11) is -4.30. The van der Waals surface area contributed by atoms with Crippen LogP contribution in [0.3, 0.4) is 0 Å². The highest BCUT2D eigenvalue weighted by atomic mass is 32.2. The Labute approximate surface area is 150 Å². The highest BCUT2D eigenvalue weighted by Crippen LogP contribution is 2.28. The van der Waals surface area contributed by atoms with Crippen molar-refractivity contribution in [3.05, 3.63) is 63.2 Å². The molecule has 0 bridgehead atoms. The molecule has 2 aromatic rings. The van der Waals surface area contributed by atoms with Crippen molar-refractivity contribution in [2.24, 2.45) is 0 Å². The van der Waals surface area contributed by atoms with Crippen molar-refractivity contribution in [3.8, 4) is 0 Å². The molecule has 0 spiro atoms. The van der Waals surface area contributed by atoms with Gasteiger partial charge in [-0.15, -0.1) is 0 Å². The van der Waals surface area contributed by atoms with E-state index in [1.807, 2.05) is 6.92 Å². The molecule has 0 heterocycles.